The van der Waals surface area contributed by atoms with Gasteiger partial charge in [0.2, 0.25) is 11.8 Å². The van der Waals surface area contributed by atoms with Crippen LogP contribution in [-0.4, -0.2) is 47.4 Å². The van der Waals surface area contributed by atoms with Crippen LogP contribution in [0.25, 0.3) is 10.9 Å². The highest BCUT2D eigenvalue weighted by Gasteiger charge is 2.44. The van der Waals surface area contributed by atoms with E-state index in [1.807, 2.05) is 6.07 Å². The number of aromatic nitrogens is 1. The Bertz CT molecular complexity index is 1790. The minimum absolute atomic E-state index is 0.0556. The van der Waals surface area contributed by atoms with Crippen molar-refractivity contribution in [3.05, 3.63) is 84.1 Å². The van der Waals surface area contributed by atoms with Crippen molar-refractivity contribution in [1.82, 2.24) is 9.88 Å². The number of carbonyl (C=O) groups excluding carboxylic acids is 3. The van der Waals surface area contributed by atoms with Crippen LogP contribution in [0.2, 0.25) is 0 Å². The number of pyridine rings is 1. The van der Waals surface area contributed by atoms with E-state index in [0.29, 0.717) is 16.7 Å². The monoisotopic (exact) mass is 585 g/mol. The zero-order valence-electron chi connectivity index (χ0n) is 23.3. The summed E-state index contributed by atoms with van der Waals surface area (Å²) in [6, 6.07) is 14.2. The summed E-state index contributed by atoms with van der Waals surface area (Å²) in [7, 11) is 1.43. The Hall–Kier alpha value is -5.57. The maximum Gasteiger partial charge on any atom is 0.331 e. The van der Waals surface area contributed by atoms with Gasteiger partial charge >= 0.3 is 6.03 Å². The molecule has 10 nitrogen and oxygen atoms in total. The topological polar surface area (TPSA) is 125 Å². The highest BCUT2D eigenvalue weighted by atomic mass is 19.1. The quantitative estimate of drug-likeness (QED) is 0.279. The second-order valence-corrected chi connectivity index (χ2v) is 9.96. The molecule has 5 rings (SSSR count). The van der Waals surface area contributed by atoms with Crippen LogP contribution in [-0.2, 0) is 9.59 Å². The summed E-state index contributed by atoms with van der Waals surface area (Å²) in [6.07, 6.45) is 1.47. The van der Waals surface area contributed by atoms with E-state index in [1.165, 1.54) is 54.6 Å². The SMILES string of the molecule is COc1cc2nccc(Oc3ccc(NC(=O)C4CN(C(C)C)C(=O)N(c5ccc(F)cc5)C4=O)cc3F)c2cc1C#N. The highest BCUT2D eigenvalue weighted by Crippen LogP contribution is 2.35. The van der Waals surface area contributed by atoms with Crippen molar-refractivity contribution >= 4 is 40.1 Å². The van der Waals surface area contributed by atoms with E-state index in [9.17, 15) is 24.0 Å². The van der Waals surface area contributed by atoms with Crippen LogP contribution in [0.3, 0.4) is 0 Å². The Morgan fingerprint density at radius 1 is 1.05 bits per heavy atom. The number of hydrogen-bond acceptors (Lipinski definition) is 7. The Labute approximate surface area is 245 Å². The lowest BCUT2D eigenvalue weighted by atomic mass is 10.0. The number of carbonyl (C=O) groups is 3. The third-order valence-electron chi connectivity index (χ3n) is 6.92. The van der Waals surface area contributed by atoms with Crippen molar-refractivity contribution < 1.29 is 32.6 Å². The number of nitriles is 1. The molecular weight excluding hydrogens is 560 g/mol. The standard InChI is InChI=1S/C31H25F2N5O5/c1-17(2)37-16-23(30(40)38(31(37)41)21-7-4-19(32)5-8-21)29(39)36-20-6-9-27(24(33)13-20)43-26-10-11-35-25-14-28(42-3)18(15-34)12-22(25)26/h4-14,17,23H,16H2,1-3H3,(H,36,39). The zero-order valence-corrected chi connectivity index (χ0v) is 23.3. The van der Waals surface area contributed by atoms with Gasteiger partial charge in [0.05, 0.1) is 23.9 Å². The van der Waals surface area contributed by atoms with Crippen LogP contribution in [0, 0.1) is 28.9 Å². The molecule has 0 aliphatic carbocycles. The van der Waals surface area contributed by atoms with E-state index in [0.717, 1.165) is 23.1 Å². The Kier molecular flexibility index (Phi) is 7.90. The summed E-state index contributed by atoms with van der Waals surface area (Å²) in [5.74, 6) is -3.78. The Morgan fingerprint density at radius 3 is 2.44 bits per heavy atom. The van der Waals surface area contributed by atoms with E-state index < -0.39 is 35.4 Å². The maximum atomic E-state index is 15.2. The molecule has 12 heteroatoms. The van der Waals surface area contributed by atoms with Crippen LogP contribution in [0.4, 0.5) is 25.0 Å². The largest absolute Gasteiger partial charge is 0.495 e. The molecular formula is C31H25F2N5O5. The smallest absolute Gasteiger partial charge is 0.331 e. The average Bonchev–Trinajstić information content (AvgIpc) is 2.98. The second kappa shape index (κ2) is 11.7. The van der Waals surface area contributed by atoms with Crippen molar-refractivity contribution in [3.8, 4) is 23.3 Å². The lowest BCUT2D eigenvalue weighted by molar-refractivity contribution is -0.132. The molecule has 0 radical (unpaired) electrons. The lowest BCUT2D eigenvalue weighted by Crippen LogP contribution is -2.61. The molecule has 3 aromatic carbocycles. The number of rotatable bonds is 7. The van der Waals surface area contributed by atoms with Gasteiger partial charge < -0.3 is 19.7 Å². The fraction of sp³-hybridized carbons (Fsp3) is 0.194. The fourth-order valence-electron chi connectivity index (χ4n) is 4.69. The molecule has 1 aliphatic rings. The zero-order chi connectivity index (χ0) is 30.8. The maximum absolute atomic E-state index is 15.2. The average molecular weight is 586 g/mol. The normalized spacial score (nSPS) is 15.0. The summed E-state index contributed by atoms with van der Waals surface area (Å²) in [5, 5.41) is 12.4. The fourth-order valence-corrected chi connectivity index (χ4v) is 4.69. The first-order valence-corrected chi connectivity index (χ1v) is 13.2. The molecule has 1 aliphatic heterocycles. The molecule has 218 valence electrons. The van der Waals surface area contributed by atoms with Gasteiger partial charge in [0, 0.05) is 42.0 Å². The van der Waals surface area contributed by atoms with Gasteiger partial charge in [-0.2, -0.15) is 5.26 Å². The van der Waals surface area contributed by atoms with Gasteiger partial charge in [0.15, 0.2) is 11.6 Å². The van der Waals surface area contributed by atoms with E-state index >= 15 is 4.39 Å². The molecule has 1 fully saturated rings. The van der Waals surface area contributed by atoms with Crippen molar-refractivity contribution in [2.45, 2.75) is 19.9 Å². The third-order valence-corrected chi connectivity index (χ3v) is 6.92. The van der Waals surface area contributed by atoms with Crippen LogP contribution in [0.15, 0.2) is 66.9 Å². The number of ether oxygens (including phenoxy) is 2. The minimum atomic E-state index is -1.31. The summed E-state index contributed by atoms with van der Waals surface area (Å²) in [5.41, 5.74) is 0.897. The van der Waals surface area contributed by atoms with Gasteiger partial charge in [0.1, 0.15) is 29.3 Å². The number of imide groups is 1. The van der Waals surface area contributed by atoms with Crippen LogP contribution >= 0.6 is 0 Å². The number of methoxy groups -OCH3 is 1. The predicted molar refractivity (Wildman–Crippen MR) is 153 cm³/mol. The molecule has 1 unspecified atom stereocenters. The van der Waals surface area contributed by atoms with Crippen molar-refractivity contribution in [2.24, 2.45) is 5.92 Å². The highest BCUT2D eigenvalue weighted by molar-refractivity contribution is 6.23. The number of nitrogens with zero attached hydrogens (tertiary/aromatic N) is 4. The summed E-state index contributed by atoms with van der Waals surface area (Å²) < 4.78 is 39.7. The number of hydrogen-bond donors (Lipinski definition) is 1. The molecule has 0 bridgehead atoms. The van der Waals surface area contributed by atoms with E-state index in [4.69, 9.17) is 9.47 Å². The van der Waals surface area contributed by atoms with Crippen molar-refractivity contribution in [1.29, 1.82) is 5.26 Å². The van der Waals surface area contributed by atoms with Crippen LogP contribution in [0.1, 0.15) is 19.4 Å². The molecule has 43 heavy (non-hydrogen) atoms. The minimum Gasteiger partial charge on any atom is -0.495 e. The molecule has 4 amide bonds. The molecule has 1 atom stereocenters. The number of fused-ring (bicyclic) bond motifs is 1. The van der Waals surface area contributed by atoms with E-state index in [2.05, 4.69) is 10.3 Å². The van der Waals surface area contributed by atoms with Crippen LogP contribution < -0.4 is 19.7 Å². The first-order chi connectivity index (χ1) is 20.6. The lowest BCUT2D eigenvalue weighted by Gasteiger charge is -2.39. The molecule has 0 spiro atoms. The Balaban J connectivity index is 1.37. The molecule has 1 N–H and O–H groups in total. The number of urea groups is 1. The molecule has 2 heterocycles. The van der Waals surface area contributed by atoms with Crippen LogP contribution in [0.5, 0.6) is 17.2 Å². The number of amides is 4. The van der Waals surface area contributed by atoms with Gasteiger partial charge in [-0.05, 0) is 62.4 Å². The molecule has 1 aromatic heterocycles. The summed E-state index contributed by atoms with van der Waals surface area (Å²) >= 11 is 0. The van der Waals surface area contributed by atoms with E-state index in [1.54, 1.807) is 19.9 Å². The summed E-state index contributed by atoms with van der Waals surface area (Å²) in [6.45, 7) is 3.29. The first-order valence-electron chi connectivity index (χ1n) is 13.2. The van der Waals surface area contributed by atoms with Gasteiger partial charge in [-0.15, -0.1) is 0 Å². The molecule has 1 saturated heterocycles. The van der Waals surface area contributed by atoms with Gasteiger partial charge in [0.25, 0.3) is 0 Å². The van der Waals surface area contributed by atoms with Gasteiger partial charge in [-0.3, -0.25) is 14.6 Å². The number of halogens is 2. The van der Waals surface area contributed by atoms with Gasteiger partial charge in [-0.25, -0.2) is 18.5 Å². The van der Waals surface area contributed by atoms with Gasteiger partial charge in [-0.1, -0.05) is 0 Å². The van der Waals surface area contributed by atoms with Crippen molar-refractivity contribution in [2.75, 3.05) is 23.9 Å². The predicted octanol–water partition coefficient (Wildman–Crippen LogP) is 5.62. The van der Waals surface area contributed by atoms with E-state index in [-0.39, 0.29) is 41.0 Å². The molecule has 0 saturated carbocycles. The number of anilines is 2. The first kappa shape index (κ1) is 28.9. The summed E-state index contributed by atoms with van der Waals surface area (Å²) in [4.78, 5) is 46.2. The molecule has 4 aromatic rings. The number of benzene rings is 3. The second-order valence-electron chi connectivity index (χ2n) is 9.96. The Morgan fingerprint density at radius 2 is 1.79 bits per heavy atom. The third kappa shape index (κ3) is 5.65. The van der Waals surface area contributed by atoms with Crippen molar-refractivity contribution in [3.63, 3.8) is 0 Å². The number of nitrogens with one attached hydrogen (secondary N) is 1.